The highest BCUT2D eigenvalue weighted by molar-refractivity contribution is 7.88. The number of nitrogens with one attached hydrogen (secondary N) is 1. The molecule has 1 unspecified atom stereocenters. The zero-order valence-electron chi connectivity index (χ0n) is 13.0. The monoisotopic (exact) mass is 377 g/mol. The fourth-order valence-electron chi connectivity index (χ4n) is 2.21. The second-order valence-electron chi connectivity index (χ2n) is 5.10. The molecular formula is C13H19N3O6S2. The second-order valence-corrected chi connectivity index (χ2v) is 7.78. The molecule has 0 spiro atoms. The Bertz CT molecular complexity index is 676. The first-order valence-corrected chi connectivity index (χ1v) is 9.95. The van der Waals surface area contributed by atoms with Crippen LogP contribution in [0.3, 0.4) is 0 Å². The van der Waals surface area contributed by atoms with Crippen molar-refractivity contribution in [3.63, 3.8) is 0 Å². The molecule has 1 aliphatic rings. The number of rotatable bonds is 7. The standard InChI is InChI=1S/C13H19N3O6S2/c1-24(20,21)16-4-3-15(13(16)19)12(18)14-8-11(22-6-5-17)10-2-7-23-9-10/h2,7,9,11,17H,3-6,8H2,1H3,(H,14,18). The van der Waals surface area contributed by atoms with Crippen molar-refractivity contribution >= 4 is 33.4 Å². The maximum atomic E-state index is 12.1. The molecule has 2 rings (SSSR count). The Labute approximate surface area is 143 Å². The van der Waals surface area contributed by atoms with E-state index in [1.54, 1.807) is 0 Å². The lowest BCUT2D eigenvalue weighted by molar-refractivity contribution is 0.0292. The van der Waals surface area contributed by atoms with Gasteiger partial charge in [0.05, 0.1) is 32.6 Å². The second kappa shape index (κ2) is 7.92. The van der Waals surface area contributed by atoms with E-state index >= 15 is 0 Å². The normalized spacial score (nSPS) is 16.5. The molecule has 1 saturated heterocycles. The van der Waals surface area contributed by atoms with Gasteiger partial charge in [0.15, 0.2) is 0 Å². The van der Waals surface area contributed by atoms with Gasteiger partial charge in [-0.25, -0.2) is 27.2 Å². The lowest BCUT2D eigenvalue weighted by atomic mass is 10.2. The van der Waals surface area contributed by atoms with Gasteiger partial charge in [-0.15, -0.1) is 0 Å². The zero-order valence-corrected chi connectivity index (χ0v) is 14.7. The predicted molar refractivity (Wildman–Crippen MR) is 87.1 cm³/mol. The van der Waals surface area contributed by atoms with E-state index in [9.17, 15) is 18.0 Å². The number of nitrogens with zero attached hydrogens (tertiary/aromatic N) is 2. The summed E-state index contributed by atoms with van der Waals surface area (Å²) >= 11 is 1.47. The third-order valence-electron chi connectivity index (χ3n) is 3.38. The Hall–Kier alpha value is -1.69. The fraction of sp³-hybridized carbons (Fsp3) is 0.538. The topological polar surface area (TPSA) is 116 Å². The minimum absolute atomic E-state index is 0.00164. The van der Waals surface area contributed by atoms with Gasteiger partial charge in [-0.2, -0.15) is 11.3 Å². The summed E-state index contributed by atoms with van der Waals surface area (Å²) < 4.78 is 29.1. The van der Waals surface area contributed by atoms with Gasteiger partial charge in [-0.1, -0.05) is 0 Å². The van der Waals surface area contributed by atoms with Crippen molar-refractivity contribution in [1.82, 2.24) is 14.5 Å². The Balaban J connectivity index is 1.95. The summed E-state index contributed by atoms with van der Waals surface area (Å²) in [6, 6.07) is 0.294. The molecule has 0 aromatic carbocycles. The largest absolute Gasteiger partial charge is 0.394 e. The van der Waals surface area contributed by atoms with Crippen LogP contribution in [0.4, 0.5) is 9.59 Å². The smallest absolute Gasteiger partial charge is 0.341 e. The molecule has 4 amide bonds. The molecule has 2 N–H and O–H groups in total. The number of thiophene rings is 1. The Morgan fingerprint density at radius 2 is 2.25 bits per heavy atom. The van der Waals surface area contributed by atoms with Crippen LogP contribution in [0.2, 0.25) is 0 Å². The van der Waals surface area contributed by atoms with E-state index in [2.05, 4.69) is 5.32 Å². The number of urea groups is 2. The highest BCUT2D eigenvalue weighted by Crippen LogP contribution is 2.20. The van der Waals surface area contributed by atoms with E-state index in [0.717, 1.165) is 16.7 Å². The van der Waals surface area contributed by atoms with Crippen LogP contribution in [-0.2, 0) is 14.8 Å². The Morgan fingerprint density at radius 1 is 1.50 bits per heavy atom. The quantitative estimate of drug-likeness (QED) is 0.701. The molecule has 1 fully saturated rings. The van der Waals surface area contributed by atoms with Gasteiger partial charge in [0.2, 0.25) is 10.0 Å². The van der Waals surface area contributed by atoms with Gasteiger partial charge in [0.1, 0.15) is 6.10 Å². The highest BCUT2D eigenvalue weighted by atomic mass is 32.2. The van der Waals surface area contributed by atoms with Gasteiger partial charge in [-0.3, -0.25) is 0 Å². The molecule has 134 valence electrons. The molecule has 0 aliphatic carbocycles. The molecule has 1 aromatic rings. The first-order chi connectivity index (χ1) is 11.3. The van der Waals surface area contributed by atoms with E-state index in [0.29, 0.717) is 4.31 Å². The summed E-state index contributed by atoms with van der Waals surface area (Å²) in [4.78, 5) is 25.0. The van der Waals surface area contributed by atoms with E-state index < -0.39 is 28.2 Å². The number of amides is 4. The van der Waals surface area contributed by atoms with E-state index in [-0.39, 0.29) is 32.8 Å². The number of aliphatic hydroxyl groups excluding tert-OH is 1. The summed E-state index contributed by atoms with van der Waals surface area (Å²) in [6.07, 6.45) is 0.456. The first-order valence-electron chi connectivity index (χ1n) is 7.16. The molecule has 24 heavy (non-hydrogen) atoms. The van der Waals surface area contributed by atoms with Crippen LogP contribution in [0.15, 0.2) is 16.8 Å². The third-order valence-corrected chi connectivity index (χ3v) is 5.22. The van der Waals surface area contributed by atoms with Gasteiger partial charge >= 0.3 is 12.1 Å². The maximum absolute atomic E-state index is 12.1. The van der Waals surface area contributed by atoms with Gasteiger partial charge in [0.25, 0.3) is 0 Å². The lowest BCUT2D eigenvalue weighted by Gasteiger charge is -2.20. The number of carbonyl (C=O) groups excluding carboxylic acids is 2. The van der Waals surface area contributed by atoms with Crippen LogP contribution in [-0.4, -0.2) is 73.9 Å². The van der Waals surface area contributed by atoms with Crippen LogP contribution >= 0.6 is 11.3 Å². The minimum Gasteiger partial charge on any atom is -0.394 e. The maximum Gasteiger partial charge on any atom is 0.341 e. The van der Waals surface area contributed by atoms with Crippen LogP contribution < -0.4 is 5.32 Å². The summed E-state index contributed by atoms with van der Waals surface area (Å²) in [6.45, 7) is 0.0000299. The van der Waals surface area contributed by atoms with Crippen molar-refractivity contribution in [1.29, 1.82) is 0 Å². The minimum atomic E-state index is -3.69. The average molecular weight is 377 g/mol. The lowest BCUT2D eigenvalue weighted by Crippen LogP contribution is -2.44. The van der Waals surface area contributed by atoms with Crippen molar-refractivity contribution < 1.29 is 27.9 Å². The third kappa shape index (κ3) is 4.44. The van der Waals surface area contributed by atoms with Crippen LogP contribution in [0.1, 0.15) is 11.7 Å². The average Bonchev–Trinajstić information content (AvgIpc) is 3.16. The molecular weight excluding hydrogens is 358 g/mol. The van der Waals surface area contributed by atoms with E-state index in [1.165, 1.54) is 11.3 Å². The Morgan fingerprint density at radius 3 is 2.79 bits per heavy atom. The fourth-order valence-corrected chi connectivity index (χ4v) is 3.71. The molecule has 1 aromatic heterocycles. The summed E-state index contributed by atoms with van der Waals surface area (Å²) in [5.41, 5.74) is 0.847. The molecule has 1 atom stereocenters. The van der Waals surface area contributed by atoms with Crippen molar-refractivity contribution in [3.05, 3.63) is 22.4 Å². The molecule has 0 saturated carbocycles. The highest BCUT2D eigenvalue weighted by Gasteiger charge is 2.38. The number of ether oxygens (including phenoxy) is 1. The number of imide groups is 1. The zero-order chi connectivity index (χ0) is 17.7. The van der Waals surface area contributed by atoms with Crippen molar-refractivity contribution in [2.24, 2.45) is 0 Å². The Kier molecular flexibility index (Phi) is 6.15. The molecule has 0 bridgehead atoms. The summed E-state index contributed by atoms with van der Waals surface area (Å²) in [7, 11) is -3.69. The molecule has 0 radical (unpaired) electrons. The van der Waals surface area contributed by atoms with E-state index in [4.69, 9.17) is 9.84 Å². The van der Waals surface area contributed by atoms with Crippen LogP contribution in [0.5, 0.6) is 0 Å². The van der Waals surface area contributed by atoms with Crippen LogP contribution in [0, 0.1) is 0 Å². The number of hydrogen-bond donors (Lipinski definition) is 2. The van der Waals surface area contributed by atoms with Crippen molar-refractivity contribution in [3.8, 4) is 0 Å². The van der Waals surface area contributed by atoms with Gasteiger partial charge in [0, 0.05) is 6.54 Å². The van der Waals surface area contributed by atoms with E-state index in [1.807, 2.05) is 16.8 Å². The number of carbonyl (C=O) groups is 2. The molecule has 11 heteroatoms. The summed E-state index contributed by atoms with van der Waals surface area (Å²) in [5.74, 6) is 0. The van der Waals surface area contributed by atoms with Crippen molar-refractivity contribution in [2.75, 3.05) is 39.1 Å². The molecule has 1 aliphatic heterocycles. The molecule has 9 nitrogen and oxygen atoms in total. The van der Waals surface area contributed by atoms with Crippen molar-refractivity contribution in [2.45, 2.75) is 6.10 Å². The SMILES string of the molecule is CS(=O)(=O)N1CCN(C(=O)NCC(OCCO)c2ccsc2)C1=O. The van der Waals surface area contributed by atoms with Gasteiger partial charge in [-0.05, 0) is 22.4 Å². The van der Waals surface area contributed by atoms with Crippen LogP contribution in [0.25, 0.3) is 0 Å². The van der Waals surface area contributed by atoms with Gasteiger partial charge < -0.3 is 15.2 Å². The number of hydrogen-bond acceptors (Lipinski definition) is 7. The predicted octanol–water partition coefficient (Wildman–Crippen LogP) is 0.205. The first kappa shape index (κ1) is 18.6. The number of sulfonamides is 1. The summed E-state index contributed by atoms with van der Waals surface area (Å²) in [5, 5.41) is 15.2. The molecule has 2 heterocycles. The number of aliphatic hydroxyl groups is 1.